The Labute approximate surface area is 188 Å². The monoisotopic (exact) mass is 481 g/mol. The molecule has 10 heteroatoms. The van der Waals surface area contributed by atoms with E-state index in [1.165, 1.54) is 41.7 Å². The van der Waals surface area contributed by atoms with Crippen LogP contribution in [-0.4, -0.2) is 20.9 Å². The Kier molecular flexibility index (Phi) is 7.04. The molecule has 1 amide bonds. The molecule has 0 fully saturated rings. The van der Waals surface area contributed by atoms with Gasteiger partial charge in [-0.05, 0) is 41.8 Å². The number of halogens is 2. The summed E-state index contributed by atoms with van der Waals surface area (Å²) in [6.45, 7) is 3.36. The highest BCUT2D eigenvalue weighted by Crippen LogP contribution is 2.30. The molecule has 3 aromatic rings. The minimum Gasteiger partial charge on any atom is -0.298 e. The number of hydrogen-bond acceptors (Lipinski definition) is 5. The minimum atomic E-state index is -4.04. The fourth-order valence-electron chi connectivity index (χ4n) is 2.50. The number of carbonyl (C=O) groups is 1. The number of hydrazine groups is 1. The van der Waals surface area contributed by atoms with E-state index in [1.807, 2.05) is 17.5 Å². The fraction of sp³-hybridized carbons (Fsp3) is 0.0500. The van der Waals surface area contributed by atoms with Gasteiger partial charge in [-0.2, -0.15) is 0 Å². The molecule has 1 heterocycles. The van der Waals surface area contributed by atoms with Crippen LogP contribution in [0, 0.1) is 0 Å². The lowest BCUT2D eigenvalue weighted by atomic mass is 10.3. The van der Waals surface area contributed by atoms with E-state index in [0.717, 1.165) is 9.18 Å². The summed E-state index contributed by atoms with van der Waals surface area (Å²) >= 11 is 13.5. The van der Waals surface area contributed by atoms with Gasteiger partial charge < -0.3 is 0 Å². The Hall–Kier alpha value is -2.52. The van der Waals surface area contributed by atoms with Gasteiger partial charge in [-0.25, -0.2) is 8.42 Å². The molecule has 156 valence electrons. The van der Waals surface area contributed by atoms with Crippen molar-refractivity contribution in [3.8, 4) is 0 Å². The SMILES string of the molecule is C=C(NNC(=O)CN(c1ccc(Cl)c(Cl)c1)S(=O)(=O)c1ccccc1)c1cccs1. The number of nitrogens with zero attached hydrogens (tertiary/aromatic N) is 1. The highest BCUT2D eigenvalue weighted by Gasteiger charge is 2.27. The van der Waals surface area contributed by atoms with Crippen molar-refractivity contribution >= 4 is 61.9 Å². The number of carbonyl (C=O) groups excluding carboxylic acids is 1. The first-order chi connectivity index (χ1) is 14.3. The van der Waals surface area contributed by atoms with Crippen LogP contribution < -0.4 is 15.2 Å². The zero-order valence-electron chi connectivity index (χ0n) is 15.5. The molecular formula is C20H17Cl2N3O3S2. The van der Waals surface area contributed by atoms with Crippen molar-refractivity contribution in [1.29, 1.82) is 0 Å². The average molecular weight is 482 g/mol. The van der Waals surface area contributed by atoms with Gasteiger partial charge in [0, 0.05) is 0 Å². The highest BCUT2D eigenvalue weighted by atomic mass is 35.5. The lowest BCUT2D eigenvalue weighted by molar-refractivity contribution is -0.120. The molecule has 1 aromatic heterocycles. The van der Waals surface area contributed by atoms with Crippen molar-refractivity contribution in [2.75, 3.05) is 10.8 Å². The molecule has 0 saturated carbocycles. The van der Waals surface area contributed by atoms with Crippen LogP contribution >= 0.6 is 34.5 Å². The van der Waals surface area contributed by atoms with E-state index in [1.54, 1.807) is 18.2 Å². The third-order valence-corrected chi connectivity index (χ3v) is 7.44. The molecule has 0 unspecified atom stereocenters. The molecular weight excluding hydrogens is 465 g/mol. The molecule has 0 spiro atoms. The predicted molar refractivity (Wildman–Crippen MR) is 122 cm³/mol. The Bertz CT molecular complexity index is 1150. The topological polar surface area (TPSA) is 78.5 Å². The van der Waals surface area contributed by atoms with Crippen molar-refractivity contribution in [2.45, 2.75) is 4.90 Å². The summed E-state index contributed by atoms with van der Waals surface area (Å²) in [7, 11) is -4.04. The first-order valence-corrected chi connectivity index (χ1v) is 11.7. The standard InChI is InChI=1S/C20H17Cl2N3O3S2/c1-14(19-8-5-11-29-19)23-24-20(26)13-25(15-9-10-17(21)18(22)12-15)30(27,28)16-6-3-2-4-7-16/h2-12,23H,1,13H2,(H,24,26). The molecule has 0 aliphatic rings. The van der Waals surface area contributed by atoms with Gasteiger partial charge in [-0.15, -0.1) is 11.3 Å². The zero-order chi connectivity index (χ0) is 21.7. The van der Waals surface area contributed by atoms with Crippen LogP contribution in [0.3, 0.4) is 0 Å². The molecule has 0 radical (unpaired) electrons. The van der Waals surface area contributed by atoms with E-state index < -0.39 is 22.5 Å². The first kappa shape index (κ1) is 22.2. The lowest BCUT2D eigenvalue weighted by Gasteiger charge is -2.24. The van der Waals surface area contributed by atoms with Crippen LogP contribution in [0.15, 0.2) is 77.5 Å². The summed E-state index contributed by atoms with van der Waals surface area (Å²) in [5.74, 6) is -0.585. The molecule has 3 rings (SSSR count). The molecule has 0 atom stereocenters. The van der Waals surface area contributed by atoms with Crippen LogP contribution in [0.5, 0.6) is 0 Å². The summed E-state index contributed by atoms with van der Waals surface area (Å²) in [5.41, 5.74) is 5.87. The number of nitrogens with one attached hydrogen (secondary N) is 2. The molecule has 30 heavy (non-hydrogen) atoms. The number of thiophene rings is 1. The van der Waals surface area contributed by atoms with Gasteiger partial charge in [-0.3, -0.25) is 20.0 Å². The second kappa shape index (κ2) is 9.53. The normalized spacial score (nSPS) is 11.0. The molecule has 6 nitrogen and oxygen atoms in total. The van der Waals surface area contributed by atoms with Crippen LogP contribution in [-0.2, 0) is 14.8 Å². The molecule has 0 saturated heterocycles. The number of hydrogen-bond donors (Lipinski definition) is 2. The van der Waals surface area contributed by atoms with E-state index in [0.29, 0.717) is 5.70 Å². The van der Waals surface area contributed by atoms with Gasteiger partial charge in [0.1, 0.15) is 6.54 Å². The van der Waals surface area contributed by atoms with Crippen LogP contribution in [0.4, 0.5) is 5.69 Å². The maximum atomic E-state index is 13.2. The predicted octanol–water partition coefficient (Wildman–Crippen LogP) is 4.54. The van der Waals surface area contributed by atoms with Crippen LogP contribution in [0.25, 0.3) is 5.70 Å². The largest absolute Gasteiger partial charge is 0.298 e. The summed E-state index contributed by atoms with van der Waals surface area (Å²) < 4.78 is 27.4. The third kappa shape index (κ3) is 5.14. The Morgan fingerprint density at radius 1 is 1.00 bits per heavy atom. The van der Waals surface area contributed by atoms with Gasteiger partial charge in [0.15, 0.2) is 0 Å². The lowest BCUT2D eigenvalue weighted by Crippen LogP contribution is -2.45. The maximum Gasteiger partial charge on any atom is 0.264 e. The summed E-state index contributed by atoms with van der Waals surface area (Å²) in [6.07, 6.45) is 0. The van der Waals surface area contributed by atoms with E-state index >= 15 is 0 Å². The average Bonchev–Trinajstić information content (AvgIpc) is 3.28. The minimum absolute atomic E-state index is 0.0415. The quantitative estimate of drug-likeness (QED) is 0.462. The number of anilines is 1. The smallest absolute Gasteiger partial charge is 0.264 e. The summed E-state index contributed by atoms with van der Waals surface area (Å²) in [4.78, 5) is 13.4. The summed E-state index contributed by atoms with van der Waals surface area (Å²) in [6, 6.07) is 15.9. The second-order valence-electron chi connectivity index (χ2n) is 6.05. The zero-order valence-corrected chi connectivity index (χ0v) is 18.7. The number of sulfonamides is 1. The number of amides is 1. The van der Waals surface area contributed by atoms with Crippen molar-refractivity contribution < 1.29 is 13.2 Å². The van der Waals surface area contributed by atoms with Crippen molar-refractivity contribution in [3.63, 3.8) is 0 Å². The maximum absolute atomic E-state index is 13.2. The van der Waals surface area contributed by atoms with Crippen LogP contribution in [0.1, 0.15) is 4.88 Å². The fourth-order valence-corrected chi connectivity index (χ4v) is 4.88. The Balaban J connectivity index is 1.85. The number of benzene rings is 2. The molecule has 0 aliphatic carbocycles. The van der Waals surface area contributed by atoms with Gasteiger partial charge in [-0.1, -0.05) is 54.0 Å². The van der Waals surface area contributed by atoms with Gasteiger partial charge >= 0.3 is 0 Å². The highest BCUT2D eigenvalue weighted by molar-refractivity contribution is 7.92. The van der Waals surface area contributed by atoms with Gasteiger partial charge in [0.2, 0.25) is 0 Å². The molecule has 2 N–H and O–H groups in total. The van der Waals surface area contributed by atoms with Crippen molar-refractivity contribution in [2.24, 2.45) is 0 Å². The van der Waals surface area contributed by atoms with Crippen molar-refractivity contribution in [1.82, 2.24) is 10.9 Å². The number of rotatable bonds is 8. The second-order valence-corrected chi connectivity index (χ2v) is 9.68. The van der Waals surface area contributed by atoms with Gasteiger partial charge in [0.05, 0.1) is 31.2 Å². The Morgan fingerprint density at radius 2 is 1.73 bits per heavy atom. The van der Waals surface area contributed by atoms with Gasteiger partial charge in [0.25, 0.3) is 15.9 Å². The first-order valence-electron chi connectivity index (χ1n) is 8.59. The molecule has 2 aromatic carbocycles. The van der Waals surface area contributed by atoms with E-state index in [4.69, 9.17) is 23.2 Å². The molecule has 0 bridgehead atoms. The molecule has 0 aliphatic heterocycles. The van der Waals surface area contributed by atoms with Crippen LogP contribution in [0.2, 0.25) is 10.0 Å². The van der Waals surface area contributed by atoms with E-state index in [9.17, 15) is 13.2 Å². The van der Waals surface area contributed by atoms with E-state index in [-0.39, 0.29) is 20.6 Å². The Morgan fingerprint density at radius 3 is 2.37 bits per heavy atom. The van der Waals surface area contributed by atoms with Crippen molar-refractivity contribution in [3.05, 3.63) is 87.5 Å². The summed E-state index contributed by atoms with van der Waals surface area (Å²) in [5, 5.41) is 2.32. The third-order valence-electron chi connectivity index (χ3n) is 3.98. The van der Waals surface area contributed by atoms with E-state index in [2.05, 4.69) is 17.4 Å².